The molecule has 0 saturated carbocycles. The second-order valence-electron chi connectivity index (χ2n) is 4.99. The van der Waals surface area contributed by atoms with Crippen molar-refractivity contribution >= 4 is 23.0 Å². The van der Waals surface area contributed by atoms with Crippen molar-refractivity contribution in [2.75, 3.05) is 5.32 Å². The maximum Gasteiger partial charge on any atom is 0.400 e. The van der Waals surface area contributed by atoms with Gasteiger partial charge in [-0.2, -0.15) is 13.8 Å². The van der Waals surface area contributed by atoms with E-state index in [1.807, 2.05) is 37.3 Å². The highest BCUT2D eigenvalue weighted by atomic mass is 35.5. The summed E-state index contributed by atoms with van der Waals surface area (Å²) in [6.07, 6.45) is 0. The summed E-state index contributed by atoms with van der Waals surface area (Å²) in [6, 6.07) is 14.9. The predicted octanol–water partition coefficient (Wildman–Crippen LogP) is 5.08. The molecule has 0 fully saturated rings. The molecular formula is C16H12ClF2N3O. The Morgan fingerprint density at radius 3 is 2.48 bits per heavy atom. The van der Waals surface area contributed by atoms with Crippen molar-refractivity contribution < 1.29 is 13.3 Å². The van der Waals surface area contributed by atoms with Gasteiger partial charge in [0.25, 0.3) is 0 Å². The Hall–Kier alpha value is -2.47. The first kappa shape index (κ1) is 15.4. The fourth-order valence-electron chi connectivity index (χ4n) is 2.00. The van der Waals surface area contributed by atoms with E-state index in [1.165, 1.54) is 0 Å². The van der Waals surface area contributed by atoms with Gasteiger partial charge in [-0.15, -0.1) is 0 Å². The Bertz CT molecular complexity index is 813. The molecule has 0 aliphatic heterocycles. The zero-order chi connectivity index (χ0) is 16.4. The van der Waals surface area contributed by atoms with Crippen LogP contribution in [0.2, 0.25) is 0 Å². The molecule has 0 atom stereocenters. The van der Waals surface area contributed by atoms with Gasteiger partial charge in [-0.25, -0.2) is 0 Å². The molecule has 0 bridgehead atoms. The Morgan fingerprint density at radius 2 is 1.83 bits per heavy atom. The number of hydrogen-bond donors (Lipinski definition) is 1. The third-order valence-corrected chi connectivity index (χ3v) is 3.29. The molecule has 0 aliphatic carbocycles. The number of aryl methyl sites for hydroxylation is 1. The molecule has 118 valence electrons. The second-order valence-corrected chi connectivity index (χ2v) is 5.47. The number of nitrogens with zero attached hydrogens (tertiary/aromatic N) is 2. The minimum atomic E-state index is -3.68. The van der Waals surface area contributed by atoms with Crippen LogP contribution in [0.5, 0.6) is 0 Å². The van der Waals surface area contributed by atoms with Crippen molar-refractivity contribution in [3.63, 3.8) is 0 Å². The van der Waals surface area contributed by atoms with Crippen LogP contribution in [-0.2, 0) is 5.38 Å². The summed E-state index contributed by atoms with van der Waals surface area (Å²) < 4.78 is 30.4. The lowest BCUT2D eigenvalue weighted by molar-refractivity contribution is 0.0551. The minimum Gasteiger partial charge on any atom is -0.356 e. The van der Waals surface area contributed by atoms with Crippen LogP contribution < -0.4 is 5.32 Å². The molecule has 0 spiro atoms. The van der Waals surface area contributed by atoms with E-state index in [1.54, 1.807) is 18.2 Å². The predicted molar refractivity (Wildman–Crippen MR) is 83.9 cm³/mol. The third-order valence-electron chi connectivity index (χ3n) is 3.13. The van der Waals surface area contributed by atoms with Gasteiger partial charge in [0.2, 0.25) is 5.82 Å². The van der Waals surface area contributed by atoms with E-state index in [-0.39, 0.29) is 5.82 Å². The Kier molecular flexibility index (Phi) is 4.00. The number of rotatable bonds is 4. The lowest BCUT2D eigenvalue weighted by atomic mass is 10.1. The van der Waals surface area contributed by atoms with Gasteiger partial charge in [0, 0.05) is 16.9 Å². The van der Waals surface area contributed by atoms with Crippen molar-refractivity contribution in [1.29, 1.82) is 0 Å². The van der Waals surface area contributed by atoms with Gasteiger partial charge in [0.05, 0.1) is 0 Å². The molecule has 7 heteroatoms. The number of halogens is 3. The maximum absolute atomic E-state index is 12.9. The third kappa shape index (κ3) is 3.65. The lowest BCUT2D eigenvalue weighted by Crippen LogP contribution is -2.03. The highest BCUT2D eigenvalue weighted by Gasteiger charge is 2.35. The van der Waals surface area contributed by atoms with Crippen molar-refractivity contribution in [2.24, 2.45) is 0 Å². The first-order valence-corrected chi connectivity index (χ1v) is 7.15. The van der Waals surface area contributed by atoms with Gasteiger partial charge in [-0.05, 0) is 42.8 Å². The second kappa shape index (κ2) is 5.96. The molecule has 1 heterocycles. The largest absolute Gasteiger partial charge is 0.400 e. The number of nitrogens with one attached hydrogen (secondary N) is 1. The summed E-state index contributed by atoms with van der Waals surface area (Å²) in [5.74, 6) is -0.876. The van der Waals surface area contributed by atoms with E-state index in [0.29, 0.717) is 5.56 Å². The summed E-state index contributed by atoms with van der Waals surface area (Å²) in [4.78, 5) is 3.62. The molecule has 0 radical (unpaired) electrons. The summed E-state index contributed by atoms with van der Waals surface area (Å²) in [6.45, 7) is 2.00. The number of alkyl halides is 3. The van der Waals surface area contributed by atoms with E-state index in [2.05, 4.69) is 20.0 Å². The summed E-state index contributed by atoms with van der Waals surface area (Å²) in [5.41, 5.74) is 3.38. The lowest BCUT2D eigenvalue weighted by Gasteiger charge is -2.07. The van der Waals surface area contributed by atoms with Gasteiger partial charge in [-0.1, -0.05) is 35.0 Å². The van der Waals surface area contributed by atoms with Crippen LogP contribution in [0.15, 0.2) is 53.1 Å². The Balaban J connectivity index is 1.85. The first-order chi connectivity index (χ1) is 10.9. The van der Waals surface area contributed by atoms with Crippen molar-refractivity contribution in [3.05, 3.63) is 60.0 Å². The van der Waals surface area contributed by atoms with Crippen LogP contribution in [0.25, 0.3) is 11.4 Å². The van der Waals surface area contributed by atoms with Gasteiger partial charge in [-0.3, -0.25) is 0 Å². The number of anilines is 2. The molecule has 4 nitrogen and oxygen atoms in total. The van der Waals surface area contributed by atoms with Gasteiger partial charge < -0.3 is 9.84 Å². The molecule has 0 aliphatic rings. The van der Waals surface area contributed by atoms with E-state index < -0.39 is 11.3 Å². The van der Waals surface area contributed by atoms with Crippen LogP contribution in [0.4, 0.5) is 20.2 Å². The number of aromatic nitrogens is 2. The minimum absolute atomic E-state index is 0.0490. The SMILES string of the molecule is Cc1ccc(Nc2cccc(-c3noc(C(F)(F)Cl)n3)c2)cc1. The fraction of sp³-hybridized carbons (Fsp3) is 0.125. The average molecular weight is 336 g/mol. The molecule has 1 aromatic heterocycles. The molecule has 23 heavy (non-hydrogen) atoms. The molecule has 0 amide bonds. The monoisotopic (exact) mass is 335 g/mol. The molecule has 3 aromatic rings. The normalized spacial score (nSPS) is 11.5. The highest BCUT2D eigenvalue weighted by molar-refractivity contribution is 6.21. The van der Waals surface area contributed by atoms with Gasteiger partial charge in [0.15, 0.2) is 0 Å². The standard InChI is InChI=1S/C16H12ClF2N3O/c1-10-5-7-12(8-6-10)20-13-4-2-3-11(9-13)14-21-15(23-22-14)16(17,18)19/h2-9,20H,1H3. The Morgan fingerprint density at radius 1 is 1.09 bits per heavy atom. The van der Waals surface area contributed by atoms with Crippen LogP contribution in [-0.4, -0.2) is 10.1 Å². The highest BCUT2D eigenvalue weighted by Crippen LogP contribution is 2.32. The fourth-order valence-corrected chi connectivity index (χ4v) is 2.07. The first-order valence-electron chi connectivity index (χ1n) is 6.77. The van der Waals surface area contributed by atoms with Crippen molar-refractivity contribution in [2.45, 2.75) is 12.3 Å². The maximum atomic E-state index is 12.9. The average Bonchev–Trinajstić information content (AvgIpc) is 3.00. The zero-order valence-electron chi connectivity index (χ0n) is 12.1. The quantitative estimate of drug-likeness (QED) is 0.676. The van der Waals surface area contributed by atoms with Crippen molar-refractivity contribution in [3.8, 4) is 11.4 Å². The van der Waals surface area contributed by atoms with Crippen LogP contribution >= 0.6 is 11.6 Å². The smallest absolute Gasteiger partial charge is 0.356 e. The van der Waals surface area contributed by atoms with E-state index in [4.69, 9.17) is 11.6 Å². The van der Waals surface area contributed by atoms with Gasteiger partial charge in [0.1, 0.15) is 0 Å². The molecule has 0 unspecified atom stereocenters. The van der Waals surface area contributed by atoms with Crippen LogP contribution in [0.1, 0.15) is 11.5 Å². The van der Waals surface area contributed by atoms with Crippen LogP contribution in [0.3, 0.4) is 0 Å². The van der Waals surface area contributed by atoms with E-state index in [0.717, 1.165) is 16.9 Å². The molecule has 2 aromatic carbocycles. The summed E-state index contributed by atoms with van der Waals surface area (Å²) >= 11 is 4.87. The molecule has 0 saturated heterocycles. The van der Waals surface area contributed by atoms with Crippen LogP contribution in [0, 0.1) is 6.92 Å². The topological polar surface area (TPSA) is 51.0 Å². The van der Waals surface area contributed by atoms with Gasteiger partial charge >= 0.3 is 11.3 Å². The summed E-state index contributed by atoms with van der Waals surface area (Å²) in [7, 11) is 0. The Labute approximate surface area is 136 Å². The molecule has 1 N–H and O–H groups in total. The summed E-state index contributed by atoms with van der Waals surface area (Å²) in [5, 5.41) is 3.07. The van der Waals surface area contributed by atoms with E-state index in [9.17, 15) is 8.78 Å². The number of hydrogen-bond acceptors (Lipinski definition) is 4. The molecular weight excluding hydrogens is 324 g/mol. The van der Waals surface area contributed by atoms with Crippen molar-refractivity contribution in [1.82, 2.24) is 10.1 Å². The van der Waals surface area contributed by atoms with E-state index >= 15 is 0 Å². The zero-order valence-corrected chi connectivity index (χ0v) is 12.8. The number of benzene rings is 2. The molecule has 3 rings (SSSR count).